The zero-order chi connectivity index (χ0) is 14.1. The van der Waals surface area contributed by atoms with Crippen LogP contribution in [-0.4, -0.2) is 12.1 Å². The van der Waals surface area contributed by atoms with E-state index >= 15 is 0 Å². The zero-order valence-electron chi connectivity index (χ0n) is 11.2. The van der Waals surface area contributed by atoms with Crippen molar-refractivity contribution in [2.24, 2.45) is 0 Å². The number of ether oxygens (including phenoxy) is 2. The quantitative estimate of drug-likeness (QED) is 0.740. The molecule has 0 bridgehead atoms. The third kappa shape index (κ3) is 2.16. The predicted octanol–water partition coefficient (Wildman–Crippen LogP) is 3.99. The molecule has 0 saturated heterocycles. The molecule has 0 spiro atoms. The van der Waals surface area contributed by atoms with Gasteiger partial charge in [-0.25, -0.2) is 4.98 Å². The lowest BCUT2D eigenvalue weighted by Gasteiger charge is -2.12. The fourth-order valence-electron chi connectivity index (χ4n) is 2.00. The van der Waals surface area contributed by atoms with Crippen LogP contribution < -0.4 is 15.2 Å². The van der Waals surface area contributed by atoms with Gasteiger partial charge in [-0.15, -0.1) is 11.3 Å². The molecule has 2 aromatic carbocycles. The number of rotatable bonds is 3. The van der Waals surface area contributed by atoms with Crippen molar-refractivity contribution < 1.29 is 9.47 Å². The van der Waals surface area contributed by atoms with E-state index in [4.69, 9.17) is 15.2 Å². The maximum Gasteiger partial charge on any atom is 0.169 e. The maximum atomic E-state index is 6.11. The van der Waals surface area contributed by atoms with Gasteiger partial charge in [-0.05, 0) is 36.8 Å². The minimum Gasteiger partial charge on any atom is -0.493 e. The van der Waals surface area contributed by atoms with Crippen LogP contribution in [0.4, 0.5) is 5.69 Å². The topological polar surface area (TPSA) is 57.4 Å². The first-order chi connectivity index (χ1) is 9.69. The summed E-state index contributed by atoms with van der Waals surface area (Å²) in [5, 5.41) is 0. The van der Waals surface area contributed by atoms with Gasteiger partial charge in [-0.1, -0.05) is 6.07 Å². The van der Waals surface area contributed by atoms with Crippen molar-refractivity contribution in [3.8, 4) is 17.2 Å². The fraction of sp³-hybridized carbons (Fsp3) is 0.133. The lowest BCUT2D eigenvalue weighted by atomic mass is 10.2. The van der Waals surface area contributed by atoms with Crippen molar-refractivity contribution in [2.75, 3.05) is 12.8 Å². The molecule has 0 saturated carbocycles. The Bertz CT molecular complexity index is 768. The van der Waals surface area contributed by atoms with Crippen LogP contribution in [0.5, 0.6) is 17.2 Å². The zero-order valence-corrected chi connectivity index (χ0v) is 12.0. The smallest absolute Gasteiger partial charge is 0.169 e. The van der Waals surface area contributed by atoms with E-state index in [-0.39, 0.29) is 0 Å². The third-order valence-electron chi connectivity index (χ3n) is 3.04. The van der Waals surface area contributed by atoms with E-state index in [1.165, 1.54) is 0 Å². The fourth-order valence-corrected chi connectivity index (χ4v) is 2.69. The van der Waals surface area contributed by atoms with E-state index in [0.717, 1.165) is 15.8 Å². The van der Waals surface area contributed by atoms with Gasteiger partial charge in [0.1, 0.15) is 11.2 Å². The number of nitrogens with two attached hydrogens (primary N) is 1. The van der Waals surface area contributed by atoms with Crippen LogP contribution in [0.3, 0.4) is 0 Å². The summed E-state index contributed by atoms with van der Waals surface area (Å²) in [6.07, 6.45) is 0. The Morgan fingerprint density at radius 2 is 1.90 bits per heavy atom. The van der Waals surface area contributed by atoms with E-state index < -0.39 is 0 Å². The van der Waals surface area contributed by atoms with Crippen LogP contribution in [-0.2, 0) is 0 Å². The summed E-state index contributed by atoms with van der Waals surface area (Å²) < 4.78 is 12.3. The number of thiazole rings is 1. The van der Waals surface area contributed by atoms with Gasteiger partial charge >= 0.3 is 0 Å². The molecule has 0 fully saturated rings. The molecule has 0 aliphatic rings. The normalized spacial score (nSPS) is 10.7. The van der Waals surface area contributed by atoms with Crippen LogP contribution in [0.15, 0.2) is 35.8 Å². The van der Waals surface area contributed by atoms with Gasteiger partial charge < -0.3 is 15.2 Å². The summed E-state index contributed by atoms with van der Waals surface area (Å²) in [5.74, 6) is 1.91. The van der Waals surface area contributed by atoms with Crippen molar-refractivity contribution in [3.05, 3.63) is 41.4 Å². The first-order valence-corrected chi connectivity index (χ1v) is 7.01. The number of methoxy groups -OCH3 is 1. The second-order valence-electron chi connectivity index (χ2n) is 4.43. The number of nitrogen functional groups attached to an aromatic ring is 1. The number of anilines is 1. The van der Waals surface area contributed by atoms with Gasteiger partial charge in [0.15, 0.2) is 17.2 Å². The van der Waals surface area contributed by atoms with Gasteiger partial charge in [0.2, 0.25) is 0 Å². The van der Waals surface area contributed by atoms with Crippen molar-refractivity contribution in [1.82, 2.24) is 4.98 Å². The summed E-state index contributed by atoms with van der Waals surface area (Å²) >= 11 is 1.55. The van der Waals surface area contributed by atoms with Gasteiger partial charge in [-0.3, -0.25) is 0 Å². The molecule has 0 aliphatic carbocycles. The van der Waals surface area contributed by atoms with Crippen LogP contribution in [0.1, 0.15) is 5.56 Å². The molecule has 2 N–H and O–H groups in total. The van der Waals surface area contributed by atoms with E-state index in [9.17, 15) is 0 Å². The standard InChI is InChI=1S/C15H14N2O2S/c1-9-3-4-10(12(7-9)18-2)19-11-5-6-13-15(14(11)16)17-8-20-13/h3-8H,16H2,1-2H3. The van der Waals surface area contributed by atoms with Crippen LogP contribution in [0, 0.1) is 6.92 Å². The molecule has 4 nitrogen and oxygen atoms in total. The summed E-state index contributed by atoms with van der Waals surface area (Å²) in [5.41, 5.74) is 10.3. The van der Waals surface area contributed by atoms with Crippen molar-refractivity contribution >= 4 is 27.2 Å². The number of hydrogen-bond donors (Lipinski definition) is 1. The molecule has 1 aromatic heterocycles. The second-order valence-corrected chi connectivity index (χ2v) is 5.32. The summed E-state index contributed by atoms with van der Waals surface area (Å²) in [7, 11) is 1.62. The maximum absolute atomic E-state index is 6.11. The van der Waals surface area contributed by atoms with Gasteiger partial charge in [0, 0.05) is 0 Å². The molecule has 102 valence electrons. The van der Waals surface area contributed by atoms with Gasteiger partial charge in [-0.2, -0.15) is 0 Å². The summed E-state index contributed by atoms with van der Waals surface area (Å²) in [6, 6.07) is 9.58. The van der Waals surface area contributed by atoms with E-state index in [1.54, 1.807) is 24.0 Å². The van der Waals surface area contributed by atoms with E-state index in [1.807, 2.05) is 37.3 Å². The Morgan fingerprint density at radius 1 is 1.10 bits per heavy atom. The molecule has 3 aromatic rings. The Kier molecular flexibility index (Phi) is 3.20. The minimum atomic E-state index is 0.548. The molecule has 0 atom stereocenters. The summed E-state index contributed by atoms with van der Waals surface area (Å²) in [4.78, 5) is 4.26. The molecular formula is C15H14N2O2S. The van der Waals surface area contributed by atoms with Gasteiger partial charge in [0.25, 0.3) is 0 Å². The number of fused-ring (bicyclic) bond motifs is 1. The van der Waals surface area contributed by atoms with Crippen molar-refractivity contribution in [1.29, 1.82) is 0 Å². The van der Waals surface area contributed by atoms with Crippen LogP contribution in [0.2, 0.25) is 0 Å². The second kappa shape index (κ2) is 5.02. The average Bonchev–Trinajstić information content (AvgIpc) is 2.93. The SMILES string of the molecule is COc1cc(C)ccc1Oc1ccc2scnc2c1N. The molecular weight excluding hydrogens is 272 g/mol. The first-order valence-electron chi connectivity index (χ1n) is 6.13. The first kappa shape index (κ1) is 12.7. The van der Waals surface area contributed by atoms with E-state index in [2.05, 4.69) is 4.98 Å². The van der Waals surface area contributed by atoms with Gasteiger partial charge in [0.05, 0.1) is 17.3 Å². The number of benzene rings is 2. The molecule has 20 heavy (non-hydrogen) atoms. The monoisotopic (exact) mass is 286 g/mol. The third-order valence-corrected chi connectivity index (χ3v) is 3.83. The largest absolute Gasteiger partial charge is 0.493 e. The highest BCUT2D eigenvalue weighted by atomic mass is 32.1. The highest BCUT2D eigenvalue weighted by Crippen LogP contribution is 2.38. The van der Waals surface area contributed by atoms with Crippen molar-refractivity contribution in [3.63, 3.8) is 0 Å². The molecule has 0 unspecified atom stereocenters. The molecule has 5 heteroatoms. The molecule has 0 radical (unpaired) electrons. The number of aryl methyl sites for hydroxylation is 1. The Labute approximate surface area is 120 Å². The Balaban J connectivity index is 2.02. The summed E-state index contributed by atoms with van der Waals surface area (Å²) in [6.45, 7) is 2.00. The predicted molar refractivity (Wildman–Crippen MR) is 81.8 cm³/mol. The molecule has 3 rings (SSSR count). The Hall–Kier alpha value is -2.27. The minimum absolute atomic E-state index is 0.548. The molecule has 1 heterocycles. The van der Waals surface area contributed by atoms with Crippen LogP contribution >= 0.6 is 11.3 Å². The highest BCUT2D eigenvalue weighted by Gasteiger charge is 2.11. The van der Waals surface area contributed by atoms with Crippen molar-refractivity contribution in [2.45, 2.75) is 6.92 Å². The molecule has 0 amide bonds. The lowest BCUT2D eigenvalue weighted by molar-refractivity contribution is 0.379. The average molecular weight is 286 g/mol. The van der Waals surface area contributed by atoms with Crippen LogP contribution in [0.25, 0.3) is 10.2 Å². The highest BCUT2D eigenvalue weighted by molar-refractivity contribution is 7.16. The molecule has 0 aliphatic heterocycles. The Morgan fingerprint density at radius 3 is 2.70 bits per heavy atom. The van der Waals surface area contributed by atoms with E-state index in [0.29, 0.717) is 22.9 Å². The number of aromatic nitrogens is 1. The lowest BCUT2D eigenvalue weighted by Crippen LogP contribution is -1.95. The number of hydrogen-bond acceptors (Lipinski definition) is 5. The number of nitrogens with zero attached hydrogens (tertiary/aromatic N) is 1.